The monoisotopic (exact) mass is 239 g/mol. The molecule has 1 N–H and O–H groups in total. The fraction of sp³-hybridized carbons (Fsp3) is 1.00. The van der Waals surface area contributed by atoms with E-state index in [-0.39, 0.29) is 0 Å². The Balaban J connectivity index is 2.20. The summed E-state index contributed by atoms with van der Waals surface area (Å²) in [4.78, 5) is 0. The zero-order valence-corrected chi connectivity index (χ0v) is 12.1. The van der Waals surface area contributed by atoms with Crippen LogP contribution in [0.3, 0.4) is 0 Å². The first-order chi connectivity index (χ1) is 8.38. The Morgan fingerprint density at radius 2 is 1.59 bits per heavy atom. The van der Waals surface area contributed by atoms with Crippen LogP contribution in [-0.4, -0.2) is 13.1 Å². The summed E-state index contributed by atoms with van der Waals surface area (Å²) in [6, 6.07) is 0. The summed E-state index contributed by atoms with van der Waals surface area (Å²) < 4.78 is 0. The molecule has 1 aliphatic rings. The van der Waals surface area contributed by atoms with Crippen molar-refractivity contribution in [1.29, 1.82) is 0 Å². The SMILES string of the molecule is CCCCCCC(CCCCC)C1CCNC1. The molecule has 0 aromatic carbocycles. The molecule has 1 heterocycles. The maximum Gasteiger partial charge on any atom is -0.00174 e. The normalized spacial score (nSPS) is 21.9. The Bertz CT molecular complexity index is 161. The molecule has 2 unspecified atom stereocenters. The second kappa shape index (κ2) is 9.94. The minimum atomic E-state index is 0.994. The van der Waals surface area contributed by atoms with Gasteiger partial charge in [-0.05, 0) is 31.3 Å². The van der Waals surface area contributed by atoms with E-state index in [4.69, 9.17) is 0 Å². The van der Waals surface area contributed by atoms with Crippen LogP contribution in [0.2, 0.25) is 0 Å². The molecule has 1 fully saturated rings. The molecule has 0 radical (unpaired) electrons. The molecule has 0 saturated carbocycles. The summed E-state index contributed by atoms with van der Waals surface area (Å²) in [5.74, 6) is 2.02. The Kier molecular flexibility index (Phi) is 8.78. The predicted molar refractivity (Wildman–Crippen MR) is 77.4 cm³/mol. The van der Waals surface area contributed by atoms with Crippen molar-refractivity contribution in [3.63, 3.8) is 0 Å². The molecular formula is C16H33N. The minimum absolute atomic E-state index is 0.994. The highest BCUT2D eigenvalue weighted by atomic mass is 14.9. The molecule has 1 rings (SSSR count). The number of hydrogen-bond acceptors (Lipinski definition) is 1. The molecule has 1 saturated heterocycles. The van der Waals surface area contributed by atoms with Gasteiger partial charge < -0.3 is 5.32 Å². The molecule has 17 heavy (non-hydrogen) atoms. The summed E-state index contributed by atoms with van der Waals surface area (Å²) in [5, 5.41) is 3.54. The second-order valence-electron chi connectivity index (χ2n) is 5.86. The Hall–Kier alpha value is -0.0400. The van der Waals surface area contributed by atoms with E-state index in [1.807, 2.05) is 0 Å². The number of rotatable bonds is 10. The van der Waals surface area contributed by atoms with Crippen LogP contribution in [-0.2, 0) is 0 Å². The average molecular weight is 239 g/mol. The molecule has 0 aromatic rings. The molecule has 0 spiro atoms. The van der Waals surface area contributed by atoms with Crippen LogP contribution < -0.4 is 5.32 Å². The topological polar surface area (TPSA) is 12.0 Å². The fourth-order valence-electron chi connectivity index (χ4n) is 3.18. The number of nitrogens with one attached hydrogen (secondary N) is 1. The van der Waals surface area contributed by atoms with Crippen LogP contribution in [0.25, 0.3) is 0 Å². The summed E-state index contributed by atoms with van der Waals surface area (Å²) in [5.41, 5.74) is 0. The van der Waals surface area contributed by atoms with Crippen molar-refractivity contribution in [2.75, 3.05) is 13.1 Å². The molecule has 1 nitrogen and oxygen atoms in total. The zero-order valence-electron chi connectivity index (χ0n) is 12.1. The third kappa shape index (κ3) is 6.45. The third-order valence-corrected chi connectivity index (χ3v) is 4.37. The van der Waals surface area contributed by atoms with E-state index < -0.39 is 0 Å². The summed E-state index contributed by atoms with van der Waals surface area (Å²) in [7, 11) is 0. The quantitative estimate of drug-likeness (QED) is 0.542. The van der Waals surface area contributed by atoms with Gasteiger partial charge in [0.1, 0.15) is 0 Å². The van der Waals surface area contributed by atoms with Crippen molar-refractivity contribution in [1.82, 2.24) is 5.32 Å². The molecule has 1 heteroatoms. The van der Waals surface area contributed by atoms with Crippen molar-refractivity contribution in [2.45, 2.75) is 78.1 Å². The van der Waals surface area contributed by atoms with Crippen molar-refractivity contribution in [2.24, 2.45) is 11.8 Å². The smallest absolute Gasteiger partial charge is 0.00174 e. The highest BCUT2D eigenvalue weighted by Gasteiger charge is 2.23. The van der Waals surface area contributed by atoms with Crippen LogP contribution >= 0.6 is 0 Å². The van der Waals surface area contributed by atoms with E-state index in [1.165, 1.54) is 77.3 Å². The van der Waals surface area contributed by atoms with E-state index in [1.54, 1.807) is 0 Å². The van der Waals surface area contributed by atoms with Gasteiger partial charge in [-0.1, -0.05) is 71.6 Å². The second-order valence-corrected chi connectivity index (χ2v) is 5.86. The number of unbranched alkanes of at least 4 members (excludes halogenated alkanes) is 5. The summed E-state index contributed by atoms with van der Waals surface area (Å²) in [6.07, 6.45) is 14.4. The molecule has 0 aromatic heterocycles. The van der Waals surface area contributed by atoms with Gasteiger partial charge in [-0.2, -0.15) is 0 Å². The lowest BCUT2D eigenvalue weighted by Crippen LogP contribution is -2.18. The highest BCUT2D eigenvalue weighted by Crippen LogP contribution is 2.29. The first-order valence-corrected chi connectivity index (χ1v) is 8.09. The van der Waals surface area contributed by atoms with Gasteiger partial charge in [0.25, 0.3) is 0 Å². The lowest BCUT2D eigenvalue weighted by molar-refractivity contribution is 0.295. The van der Waals surface area contributed by atoms with Crippen LogP contribution in [0.15, 0.2) is 0 Å². The van der Waals surface area contributed by atoms with Crippen LogP contribution in [0.5, 0.6) is 0 Å². The molecule has 0 amide bonds. The summed E-state index contributed by atoms with van der Waals surface area (Å²) >= 11 is 0. The maximum absolute atomic E-state index is 3.54. The van der Waals surface area contributed by atoms with Crippen molar-refractivity contribution >= 4 is 0 Å². The Morgan fingerprint density at radius 1 is 0.941 bits per heavy atom. The first kappa shape index (κ1) is 15.0. The van der Waals surface area contributed by atoms with Gasteiger partial charge >= 0.3 is 0 Å². The van der Waals surface area contributed by atoms with Gasteiger partial charge in [0.2, 0.25) is 0 Å². The van der Waals surface area contributed by atoms with Crippen LogP contribution in [0.4, 0.5) is 0 Å². The van der Waals surface area contributed by atoms with Crippen molar-refractivity contribution in [3.8, 4) is 0 Å². The van der Waals surface area contributed by atoms with E-state index in [9.17, 15) is 0 Å². The molecular weight excluding hydrogens is 206 g/mol. The maximum atomic E-state index is 3.54. The molecule has 0 aliphatic carbocycles. The van der Waals surface area contributed by atoms with Gasteiger partial charge in [0.15, 0.2) is 0 Å². The molecule has 102 valence electrons. The van der Waals surface area contributed by atoms with Crippen LogP contribution in [0, 0.1) is 11.8 Å². The largest absolute Gasteiger partial charge is 0.316 e. The minimum Gasteiger partial charge on any atom is -0.316 e. The first-order valence-electron chi connectivity index (χ1n) is 8.09. The number of hydrogen-bond donors (Lipinski definition) is 1. The van der Waals surface area contributed by atoms with E-state index in [0.717, 1.165) is 11.8 Å². The molecule has 1 aliphatic heterocycles. The third-order valence-electron chi connectivity index (χ3n) is 4.37. The molecule has 2 atom stereocenters. The van der Waals surface area contributed by atoms with Gasteiger partial charge in [0.05, 0.1) is 0 Å². The van der Waals surface area contributed by atoms with Crippen LogP contribution in [0.1, 0.15) is 78.1 Å². The van der Waals surface area contributed by atoms with Gasteiger partial charge in [-0.3, -0.25) is 0 Å². The standard InChI is InChI=1S/C16H33N/c1-3-5-7-9-11-15(10-8-6-4-2)16-12-13-17-14-16/h15-17H,3-14H2,1-2H3. The van der Waals surface area contributed by atoms with E-state index in [2.05, 4.69) is 19.2 Å². The molecule has 0 bridgehead atoms. The zero-order chi connectivity index (χ0) is 12.3. The lowest BCUT2D eigenvalue weighted by Gasteiger charge is -2.23. The van der Waals surface area contributed by atoms with Gasteiger partial charge in [0, 0.05) is 0 Å². The lowest BCUT2D eigenvalue weighted by atomic mass is 9.83. The van der Waals surface area contributed by atoms with Crippen molar-refractivity contribution in [3.05, 3.63) is 0 Å². The fourth-order valence-corrected chi connectivity index (χ4v) is 3.18. The van der Waals surface area contributed by atoms with Crippen molar-refractivity contribution < 1.29 is 0 Å². The average Bonchev–Trinajstić information content (AvgIpc) is 2.86. The predicted octanol–water partition coefficient (Wildman–Crippen LogP) is 4.76. The van der Waals surface area contributed by atoms with E-state index in [0.29, 0.717) is 0 Å². The van der Waals surface area contributed by atoms with Gasteiger partial charge in [-0.25, -0.2) is 0 Å². The Labute approximate surface area is 109 Å². The highest BCUT2D eigenvalue weighted by molar-refractivity contribution is 4.78. The Morgan fingerprint density at radius 3 is 2.18 bits per heavy atom. The van der Waals surface area contributed by atoms with Gasteiger partial charge in [-0.15, -0.1) is 0 Å². The summed E-state index contributed by atoms with van der Waals surface area (Å²) in [6.45, 7) is 7.18. The van der Waals surface area contributed by atoms with E-state index >= 15 is 0 Å².